The van der Waals surface area contributed by atoms with Crippen molar-refractivity contribution in [3.63, 3.8) is 0 Å². The van der Waals surface area contributed by atoms with Crippen LogP contribution < -0.4 is 5.73 Å². The number of nitrogen functional groups attached to an aromatic ring is 1. The number of fused-ring (bicyclic) bond motifs is 1. The van der Waals surface area contributed by atoms with Crippen LogP contribution in [0.2, 0.25) is 5.02 Å². The van der Waals surface area contributed by atoms with Gasteiger partial charge < -0.3 is 5.73 Å². The van der Waals surface area contributed by atoms with Gasteiger partial charge in [-0.1, -0.05) is 38.9 Å². The normalized spacial score (nSPS) is 8.76. The Bertz CT molecular complexity index is 865. The second kappa shape index (κ2) is 10.8. The van der Waals surface area contributed by atoms with Crippen molar-refractivity contribution in [2.24, 2.45) is 0 Å². The van der Waals surface area contributed by atoms with E-state index in [4.69, 9.17) is 22.6 Å². The molecule has 6 heteroatoms. The molecule has 0 aliphatic rings. The number of carbonyl (C=O) groups is 1. The number of rotatable bonds is 1. The third kappa shape index (κ3) is 5.94. The number of Topliss-reactive ketones (excluding diaryl/α,β-unsaturated/α-hetero) is 1. The molecule has 132 valence electrons. The van der Waals surface area contributed by atoms with Gasteiger partial charge in [0.05, 0.1) is 39.6 Å². The molecule has 0 saturated carbocycles. The Morgan fingerprint density at radius 3 is 2.52 bits per heavy atom. The van der Waals surface area contributed by atoms with E-state index in [1.54, 1.807) is 35.8 Å². The van der Waals surface area contributed by atoms with Crippen molar-refractivity contribution in [2.75, 3.05) is 5.73 Å². The van der Waals surface area contributed by atoms with Crippen LogP contribution in [0.1, 0.15) is 44.1 Å². The lowest BCUT2D eigenvalue weighted by atomic mass is 10.2. The lowest BCUT2D eigenvalue weighted by Crippen LogP contribution is -1.90. The number of aromatic nitrogens is 2. The van der Waals surface area contributed by atoms with Crippen molar-refractivity contribution < 1.29 is 4.79 Å². The molecule has 1 aromatic carbocycles. The molecule has 5 nitrogen and oxygen atoms in total. The van der Waals surface area contributed by atoms with Crippen LogP contribution in [0.25, 0.3) is 5.52 Å². The fourth-order valence-corrected chi connectivity index (χ4v) is 1.94. The van der Waals surface area contributed by atoms with Gasteiger partial charge >= 0.3 is 0 Å². The predicted octanol–water partition coefficient (Wildman–Crippen LogP) is 4.99. The molecule has 2 aromatic heterocycles. The van der Waals surface area contributed by atoms with Crippen LogP contribution in [0.15, 0.2) is 48.8 Å². The largest absolute Gasteiger partial charge is 0.397 e. The van der Waals surface area contributed by atoms with E-state index < -0.39 is 0 Å². The Kier molecular flexibility index (Phi) is 9.61. The first-order valence-corrected chi connectivity index (χ1v) is 7.79. The van der Waals surface area contributed by atoms with Crippen molar-refractivity contribution in [3.8, 4) is 6.07 Å². The molecule has 2 heterocycles. The van der Waals surface area contributed by atoms with E-state index in [2.05, 4.69) is 5.10 Å². The number of nitriles is 1. The lowest BCUT2D eigenvalue weighted by Gasteiger charge is -1.94. The summed E-state index contributed by atoms with van der Waals surface area (Å²) < 4.78 is 1.69. The van der Waals surface area contributed by atoms with Crippen molar-refractivity contribution in [3.05, 3.63) is 64.9 Å². The zero-order chi connectivity index (χ0) is 18.1. The number of carbonyl (C=O) groups excluding carboxylic acids is 1. The van der Waals surface area contributed by atoms with Crippen LogP contribution in [0.4, 0.5) is 5.69 Å². The van der Waals surface area contributed by atoms with Gasteiger partial charge in [-0.2, -0.15) is 10.4 Å². The lowest BCUT2D eigenvalue weighted by molar-refractivity contribution is 0.101. The molecule has 0 amide bonds. The average molecular weight is 359 g/mol. The van der Waals surface area contributed by atoms with Gasteiger partial charge in [0.2, 0.25) is 0 Å². The maximum absolute atomic E-state index is 11.1. The number of hydrogen-bond acceptors (Lipinski definition) is 4. The number of ketones is 1. The van der Waals surface area contributed by atoms with Crippen molar-refractivity contribution in [1.29, 1.82) is 5.26 Å². The molecule has 0 unspecified atom stereocenters. The summed E-state index contributed by atoms with van der Waals surface area (Å²) >= 11 is 5.60. The highest BCUT2D eigenvalue weighted by Crippen LogP contribution is 2.18. The molecule has 0 aliphatic carbocycles. The number of nitrogens with zero attached hydrogens (tertiary/aromatic N) is 3. The second-order valence-electron chi connectivity index (χ2n) is 4.49. The fraction of sp³-hybridized carbons (Fsp3) is 0.211. The summed E-state index contributed by atoms with van der Waals surface area (Å²) in [6.45, 7) is 5.55. The standard InChI is InChI=1S/C9H8N2O.C7H5ClN2.C2H6.CH4/c1-7(12)8-6-10-11-5-3-2-4-9(8)11;8-6-2-1-5(4-9)3-7(6)10;1-2;/h2-6H,1H3;1-3H,10H2;1-2H3;1H4. The average Bonchev–Trinajstić information content (AvgIpc) is 3.04. The third-order valence-corrected chi connectivity index (χ3v) is 3.28. The highest BCUT2D eigenvalue weighted by Gasteiger charge is 2.05. The zero-order valence-corrected chi connectivity index (χ0v) is 14.6. The van der Waals surface area contributed by atoms with Gasteiger partial charge in [-0.15, -0.1) is 0 Å². The van der Waals surface area contributed by atoms with Gasteiger partial charge in [0.25, 0.3) is 0 Å². The summed E-state index contributed by atoms with van der Waals surface area (Å²) in [5.41, 5.74) is 7.93. The molecule has 3 rings (SSSR count). The highest BCUT2D eigenvalue weighted by molar-refractivity contribution is 6.33. The van der Waals surface area contributed by atoms with E-state index in [-0.39, 0.29) is 13.2 Å². The van der Waals surface area contributed by atoms with Gasteiger partial charge in [0, 0.05) is 6.20 Å². The van der Waals surface area contributed by atoms with Gasteiger partial charge in [-0.25, -0.2) is 4.52 Å². The van der Waals surface area contributed by atoms with Crippen LogP contribution >= 0.6 is 11.6 Å². The SMILES string of the molecule is C.CC.CC(=O)c1cnn2ccccc12.N#Cc1ccc(Cl)c(N)c1. The number of hydrogen-bond donors (Lipinski definition) is 1. The molecular formula is C19H23ClN4O. The molecule has 0 radical (unpaired) electrons. The Balaban J connectivity index is 0.000000410. The summed E-state index contributed by atoms with van der Waals surface area (Å²) in [5.74, 6) is 0.0520. The fourth-order valence-electron chi connectivity index (χ4n) is 1.82. The molecule has 0 atom stereocenters. The van der Waals surface area contributed by atoms with Gasteiger partial charge in [0.15, 0.2) is 5.78 Å². The Hall–Kier alpha value is -2.84. The monoisotopic (exact) mass is 358 g/mol. The Morgan fingerprint density at radius 2 is 1.96 bits per heavy atom. The highest BCUT2D eigenvalue weighted by atomic mass is 35.5. The van der Waals surface area contributed by atoms with Crippen LogP contribution in [-0.2, 0) is 0 Å². The summed E-state index contributed by atoms with van der Waals surface area (Å²) in [6, 6.07) is 12.4. The maximum atomic E-state index is 11.1. The zero-order valence-electron chi connectivity index (χ0n) is 13.8. The van der Waals surface area contributed by atoms with E-state index >= 15 is 0 Å². The number of benzene rings is 1. The summed E-state index contributed by atoms with van der Waals surface area (Å²) in [4.78, 5) is 11.1. The summed E-state index contributed by atoms with van der Waals surface area (Å²) in [7, 11) is 0. The molecule has 0 fully saturated rings. The molecule has 0 spiro atoms. The smallest absolute Gasteiger partial charge is 0.163 e. The molecule has 0 bridgehead atoms. The molecular weight excluding hydrogens is 336 g/mol. The van der Waals surface area contributed by atoms with Crippen LogP contribution in [-0.4, -0.2) is 15.4 Å². The summed E-state index contributed by atoms with van der Waals surface area (Å²) in [5, 5.41) is 12.9. The minimum absolute atomic E-state index is 0. The number of nitrogens with two attached hydrogens (primary N) is 1. The Labute approximate surface area is 153 Å². The number of halogens is 1. The van der Waals surface area contributed by atoms with Crippen LogP contribution in [0, 0.1) is 11.3 Å². The number of pyridine rings is 1. The minimum atomic E-state index is 0. The Morgan fingerprint density at radius 1 is 1.28 bits per heavy atom. The molecule has 0 aliphatic heterocycles. The van der Waals surface area contributed by atoms with E-state index in [1.165, 1.54) is 0 Å². The first-order valence-electron chi connectivity index (χ1n) is 7.41. The minimum Gasteiger partial charge on any atom is -0.397 e. The topological polar surface area (TPSA) is 84.2 Å². The van der Waals surface area contributed by atoms with Crippen molar-refractivity contribution in [1.82, 2.24) is 9.61 Å². The van der Waals surface area contributed by atoms with Gasteiger partial charge in [-0.05, 0) is 37.3 Å². The van der Waals surface area contributed by atoms with Crippen LogP contribution in [0.5, 0.6) is 0 Å². The second-order valence-corrected chi connectivity index (χ2v) is 4.90. The van der Waals surface area contributed by atoms with Crippen molar-refractivity contribution in [2.45, 2.75) is 28.2 Å². The van der Waals surface area contributed by atoms with Crippen LogP contribution in [0.3, 0.4) is 0 Å². The van der Waals surface area contributed by atoms with E-state index in [0.717, 1.165) is 5.52 Å². The van der Waals surface area contributed by atoms with E-state index in [9.17, 15) is 4.79 Å². The molecule has 0 saturated heterocycles. The summed E-state index contributed by atoms with van der Waals surface area (Å²) in [6.07, 6.45) is 3.42. The first kappa shape index (κ1) is 22.2. The van der Waals surface area contributed by atoms with Crippen molar-refractivity contribution >= 4 is 28.6 Å². The van der Waals surface area contributed by atoms with Gasteiger partial charge in [-0.3, -0.25) is 4.79 Å². The number of anilines is 1. The first-order chi connectivity index (χ1) is 11.5. The quantitative estimate of drug-likeness (QED) is 0.490. The maximum Gasteiger partial charge on any atom is 0.163 e. The third-order valence-electron chi connectivity index (χ3n) is 2.93. The molecule has 25 heavy (non-hydrogen) atoms. The predicted molar refractivity (Wildman–Crippen MR) is 104 cm³/mol. The molecule has 2 N–H and O–H groups in total. The molecule has 3 aromatic rings. The van der Waals surface area contributed by atoms with E-state index in [0.29, 0.717) is 21.8 Å². The van der Waals surface area contributed by atoms with E-state index in [1.807, 2.05) is 44.3 Å². The van der Waals surface area contributed by atoms with Gasteiger partial charge in [0.1, 0.15) is 0 Å².